The van der Waals surface area contributed by atoms with Crippen LogP contribution in [-0.2, 0) is 0 Å². The summed E-state index contributed by atoms with van der Waals surface area (Å²) in [5.41, 5.74) is 1.31. The molecule has 0 fully saturated rings. The van der Waals surface area contributed by atoms with Crippen LogP contribution in [0.25, 0.3) is 0 Å². The third-order valence-corrected chi connectivity index (χ3v) is 2.36. The van der Waals surface area contributed by atoms with E-state index in [0.29, 0.717) is 16.7 Å². The zero-order valence-corrected chi connectivity index (χ0v) is 6.87. The molecule has 1 N–H and O–H groups in total. The smallest absolute Gasteiger partial charge is 0.128 e. The molecule has 0 saturated heterocycles. The highest BCUT2D eigenvalue weighted by molar-refractivity contribution is 5.47. The lowest BCUT2D eigenvalue weighted by Crippen LogP contribution is -1.94. The summed E-state index contributed by atoms with van der Waals surface area (Å²) in [6.07, 6.45) is -1.87. The summed E-state index contributed by atoms with van der Waals surface area (Å²) in [5, 5.41) is 18.2. The van der Waals surface area contributed by atoms with E-state index < -0.39 is 12.3 Å². The quantitative estimate of drug-likeness (QED) is 0.658. The molecule has 1 aliphatic carbocycles. The first-order valence-corrected chi connectivity index (χ1v) is 4.09. The fourth-order valence-electron chi connectivity index (χ4n) is 1.77. The second kappa shape index (κ2) is 2.82. The van der Waals surface area contributed by atoms with Gasteiger partial charge in [0.05, 0.1) is 17.7 Å². The average Bonchev–Trinajstić information content (AvgIpc) is 2.43. The van der Waals surface area contributed by atoms with Gasteiger partial charge in [0.2, 0.25) is 0 Å². The first-order valence-electron chi connectivity index (χ1n) is 4.09. The molecule has 2 nitrogen and oxygen atoms in total. The van der Waals surface area contributed by atoms with Crippen molar-refractivity contribution in [3.05, 3.63) is 34.9 Å². The van der Waals surface area contributed by atoms with E-state index in [1.165, 1.54) is 0 Å². The van der Waals surface area contributed by atoms with Gasteiger partial charge in [-0.15, -0.1) is 0 Å². The predicted octanol–water partition coefficient (Wildman–Crippen LogP) is 2.01. The molecule has 0 bridgehead atoms. The number of rotatable bonds is 0. The molecule has 0 aromatic heterocycles. The maximum absolute atomic E-state index is 13.2. The van der Waals surface area contributed by atoms with Crippen LogP contribution in [0, 0.1) is 11.3 Å². The van der Waals surface area contributed by atoms with Gasteiger partial charge in [-0.2, -0.15) is 5.26 Å². The number of alkyl halides is 1. The van der Waals surface area contributed by atoms with Gasteiger partial charge >= 0.3 is 0 Å². The molecule has 13 heavy (non-hydrogen) atoms. The third kappa shape index (κ3) is 1.11. The number of nitriles is 1. The summed E-state index contributed by atoms with van der Waals surface area (Å²) >= 11 is 0. The number of hydrogen-bond acceptors (Lipinski definition) is 2. The Bertz CT molecular complexity index is 383. The molecule has 1 aliphatic rings. The summed E-state index contributed by atoms with van der Waals surface area (Å²) in [6.45, 7) is 0. The van der Waals surface area contributed by atoms with Crippen LogP contribution in [0.3, 0.4) is 0 Å². The Morgan fingerprint density at radius 2 is 2.31 bits per heavy atom. The Morgan fingerprint density at radius 1 is 1.54 bits per heavy atom. The van der Waals surface area contributed by atoms with E-state index in [2.05, 4.69) is 0 Å². The van der Waals surface area contributed by atoms with Gasteiger partial charge in [-0.3, -0.25) is 0 Å². The van der Waals surface area contributed by atoms with E-state index >= 15 is 0 Å². The van der Waals surface area contributed by atoms with Crippen LogP contribution in [0.5, 0.6) is 0 Å². The fourth-order valence-corrected chi connectivity index (χ4v) is 1.77. The number of aliphatic hydroxyl groups is 1. The zero-order chi connectivity index (χ0) is 9.42. The second-order valence-corrected chi connectivity index (χ2v) is 3.14. The number of nitrogens with zero attached hydrogens (tertiary/aromatic N) is 1. The highest BCUT2D eigenvalue weighted by Crippen LogP contribution is 2.42. The lowest BCUT2D eigenvalue weighted by Gasteiger charge is -2.04. The first-order chi connectivity index (χ1) is 6.24. The largest absolute Gasteiger partial charge is 0.388 e. The molecule has 66 valence electrons. The van der Waals surface area contributed by atoms with E-state index in [9.17, 15) is 9.50 Å². The Kier molecular flexibility index (Phi) is 1.78. The Balaban J connectivity index is 2.64. The normalized spacial score (nSPS) is 25.3. The Hall–Kier alpha value is -1.40. The predicted molar refractivity (Wildman–Crippen MR) is 44.6 cm³/mol. The summed E-state index contributed by atoms with van der Waals surface area (Å²) in [7, 11) is 0. The second-order valence-electron chi connectivity index (χ2n) is 3.14. The van der Waals surface area contributed by atoms with Crippen molar-refractivity contribution in [3.8, 4) is 6.07 Å². The molecule has 0 radical (unpaired) electrons. The van der Waals surface area contributed by atoms with E-state index in [1.807, 2.05) is 6.07 Å². The molecular weight excluding hydrogens is 169 g/mol. The first kappa shape index (κ1) is 8.21. The number of aliphatic hydroxyl groups excluding tert-OH is 1. The minimum Gasteiger partial charge on any atom is -0.388 e. The van der Waals surface area contributed by atoms with Gasteiger partial charge in [0.1, 0.15) is 6.17 Å². The van der Waals surface area contributed by atoms with Crippen LogP contribution in [0.4, 0.5) is 4.39 Å². The van der Waals surface area contributed by atoms with Crippen LogP contribution >= 0.6 is 0 Å². The van der Waals surface area contributed by atoms with Crippen molar-refractivity contribution in [3.63, 3.8) is 0 Å². The molecule has 0 heterocycles. The van der Waals surface area contributed by atoms with Crippen molar-refractivity contribution in [2.24, 2.45) is 0 Å². The lowest BCUT2D eigenvalue weighted by molar-refractivity contribution is 0.151. The van der Waals surface area contributed by atoms with Gasteiger partial charge in [-0.25, -0.2) is 4.39 Å². The van der Waals surface area contributed by atoms with E-state index in [1.54, 1.807) is 18.2 Å². The van der Waals surface area contributed by atoms with Crippen LogP contribution in [0.15, 0.2) is 18.2 Å². The molecule has 0 amide bonds. The topological polar surface area (TPSA) is 44.0 Å². The summed E-state index contributed by atoms with van der Waals surface area (Å²) in [4.78, 5) is 0. The lowest BCUT2D eigenvalue weighted by atomic mass is 10.0. The SMILES string of the molecule is N#Cc1cccc2c1C(O)CC2F. The molecule has 2 rings (SSSR count). The van der Waals surface area contributed by atoms with Crippen LogP contribution in [-0.4, -0.2) is 5.11 Å². The van der Waals surface area contributed by atoms with Crippen molar-refractivity contribution in [1.29, 1.82) is 5.26 Å². The summed E-state index contributed by atoms with van der Waals surface area (Å²) < 4.78 is 13.2. The number of hydrogen-bond donors (Lipinski definition) is 1. The standard InChI is InChI=1S/C10H8FNO/c11-8-4-9(13)10-6(5-12)2-1-3-7(8)10/h1-3,8-9,13H,4H2. The van der Waals surface area contributed by atoms with Gasteiger partial charge in [0.25, 0.3) is 0 Å². The molecule has 3 heteroatoms. The fraction of sp³-hybridized carbons (Fsp3) is 0.300. The van der Waals surface area contributed by atoms with Crippen LogP contribution in [0.1, 0.15) is 35.4 Å². The molecule has 0 spiro atoms. The van der Waals surface area contributed by atoms with Crippen molar-refractivity contribution >= 4 is 0 Å². The van der Waals surface area contributed by atoms with E-state index in [4.69, 9.17) is 5.26 Å². The van der Waals surface area contributed by atoms with Crippen molar-refractivity contribution < 1.29 is 9.50 Å². The minimum atomic E-state index is -1.13. The molecule has 2 unspecified atom stereocenters. The number of fused-ring (bicyclic) bond motifs is 1. The monoisotopic (exact) mass is 177 g/mol. The van der Waals surface area contributed by atoms with E-state index in [-0.39, 0.29) is 6.42 Å². The van der Waals surface area contributed by atoms with Gasteiger partial charge in [0, 0.05) is 12.0 Å². The molecule has 0 aliphatic heterocycles. The van der Waals surface area contributed by atoms with Crippen LogP contribution < -0.4 is 0 Å². The molecule has 1 aromatic carbocycles. The zero-order valence-electron chi connectivity index (χ0n) is 6.87. The van der Waals surface area contributed by atoms with Crippen molar-refractivity contribution in [2.45, 2.75) is 18.7 Å². The van der Waals surface area contributed by atoms with Gasteiger partial charge in [-0.05, 0) is 11.6 Å². The Morgan fingerprint density at radius 3 is 3.00 bits per heavy atom. The van der Waals surface area contributed by atoms with Crippen molar-refractivity contribution in [1.82, 2.24) is 0 Å². The molecule has 2 atom stereocenters. The molecular formula is C10H8FNO. The van der Waals surface area contributed by atoms with Crippen molar-refractivity contribution in [2.75, 3.05) is 0 Å². The van der Waals surface area contributed by atoms with Gasteiger partial charge in [-0.1, -0.05) is 12.1 Å². The third-order valence-electron chi connectivity index (χ3n) is 2.36. The Labute approximate surface area is 75.2 Å². The average molecular weight is 177 g/mol. The van der Waals surface area contributed by atoms with Gasteiger partial charge in [0.15, 0.2) is 0 Å². The summed E-state index contributed by atoms with van der Waals surface area (Å²) in [5.74, 6) is 0. The summed E-state index contributed by atoms with van der Waals surface area (Å²) in [6, 6.07) is 6.81. The van der Waals surface area contributed by atoms with Gasteiger partial charge < -0.3 is 5.11 Å². The maximum atomic E-state index is 13.2. The van der Waals surface area contributed by atoms with E-state index in [0.717, 1.165) is 0 Å². The molecule has 1 aromatic rings. The maximum Gasteiger partial charge on any atom is 0.128 e. The van der Waals surface area contributed by atoms with Crippen LogP contribution in [0.2, 0.25) is 0 Å². The molecule has 0 saturated carbocycles. The number of halogens is 1. The minimum absolute atomic E-state index is 0.0774. The number of benzene rings is 1. The highest BCUT2D eigenvalue weighted by Gasteiger charge is 2.31. The highest BCUT2D eigenvalue weighted by atomic mass is 19.1.